The molecule has 3 nitrogen and oxygen atoms in total. The monoisotopic (exact) mass is 247 g/mol. The summed E-state index contributed by atoms with van der Waals surface area (Å²) >= 11 is 0. The van der Waals surface area contributed by atoms with Crippen molar-refractivity contribution < 1.29 is 2.85 Å². The lowest BCUT2D eigenvalue weighted by Crippen LogP contribution is -2.34. The Balaban J connectivity index is 0.000000481. The van der Waals surface area contributed by atoms with E-state index in [9.17, 15) is 0 Å². The maximum Gasteiger partial charge on any atom is 0.0886 e. The fraction of sp³-hybridized carbons (Fsp3) is 0.533. The number of fused-ring (bicyclic) bond motifs is 2. The summed E-state index contributed by atoms with van der Waals surface area (Å²) in [5.41, 5.74) is 6.46. The van der Waals surface area contributed by atoms with Gasteiger partial charge in [-0.15, -0.1) is 0 Å². The Morgan fingerprint density at radius 1 is 1.50 bits per heavy atom. The van der Waals surface area contributed by atoms with E-state index in [1.165, 1.54) is 29.2 Å². The van der Waals surface area contributed by atoms with Crippen LogP contribution in [0.1, 0.15) is 54.3 Å². The molecule has 2 N–H and O–H groups in total. The van der Waals surface area contributed by atoms with Crippen LogP contribution in [0.25, 0.3) is 0 Å². The third-order valence-electron chi connectivity index (χ3n) is 4.04. The topological polar surface area (TPSA) is 40.2 Å². The Morgan fingerprint density at radius 2 is 2.28 bits per heavy atom. The number of hydrogen-bond donors (Lipinski definition) is 2. The van der Waals surface area contributed by atoms with Gasteiger partial charge < -0.3 is 10.3 Å². The van der Waals surface area contributed by atoms with Crippen molar-refractivity contribution in [3.63, 3.8) is 0 Å². The van der Waals surface area contributed by atoms with Gasteiger partial charge in [0.1, 0.15) is 0 Å². The lowest BCUT2D eigenvalue weighted by molar-refractivity contribution is 0.699. The average Bonchev–Trinajstić information content (AvgIpc) is 2.81. The summed E-state index contributed by atoms with van der Waals surface area (Å²) in [4.78, 5) is 8.31. The molecular formula is C15H25N3. The molecule has 0 amide bonds. The summed E-state index contributed by atoms with van der Waals surface area (Å²) in [5.74, 6) is 0.615. The molecule has 0 aromatic carbocycles. The molecule has 1 aromatic heterocycles. The van der Waals surface area contributed by atoms with Crippen LogP contribution in [-0.2, 0) is 6.42 Å². The molecule has 1 spiro atoms. The zero-order chi connectivity index (χ0) is 12.9. The number of H-pyrrole nitrogens is 1. The van der Waals surface area contributed by atoms with Crippen molar-refractivity contribution in [1.29, 1.82) is 0 Å². The van der Waals surface area contributed by atoms with Crippen molar-refractivity contribution >= 4 is 11.4 Å². The van der Waals surface area contributed by atoms with Gasteiger partial charge in [-0.3, -0.25) is 0 Å². The van der Waals surface area contributed by atoms with Crippen LogP contribution in [0.3, 0.4) is 0 Å². The molecule has 3 heteroatoms. The van der Waals surface area contributed by atoms with E-state index in [-0.39, 0.29) is 8.39 Å². The number of aromatic nitrogens is 1. The van der Waals surface area contributed by atoms with Crippen LogP contribution in [0.15, 0.2) is 22.8 Å². The van der Waals surface area contributed by atoms with Crippen LogP contribution < -0.4 is 5.32 Å². The van der Waals surface area contributed by atoms with Gasteiger partial charge in [0.15, 0.2) is 0 Å². The molecule has 1 saturated carbocycles. The first-order valence-electron chi connectivity index (χ1n) is 7.00. The Bertz CT molecular complexity index is 559. The van der Waals surface area contributed by atoms with Gasteiger partial charge in [-0.1, -0.05) is 20.8 Å². The van der Waals surface area contributed by atoms with Crippen molar-refractivity contribution in [2.24, 2.45) is 4.99 Å². The molecule has 2 atom stereocenters. The van der Waals surface area contributed by atoms with E-state index in [2.05, 4.69) is 36.3 Å². The third kappa shape index (κ3) is 1.33. The van der Waals surface area contributed by atoms with Crippen LogP contribution in [0.2, 0.25) is 0 Å². The molecule has 100 valence electrons. The first-order chi connectivity index (χ1) is 8.73. The highest BCUT2D eigenvalue weighted by atomic mass is 15.1. The molecule has 0 radical (unpaired) electrons. The quantitative estimate of drug-likeness (QED) is 0.776. The lowest BCUT2D eigenvalue weighted by atomic mass is 10.0. The minimum absolute atomic E-state index is 0. The van der Waals surface area contributed by atoms with Gasteiger partial charge >= 0.3 is 0 Å². The van der Waals surface area contributed by atoms with Crippen molar-refractivity contribution in [2.75, 3.05) is 0 Å². The van der Waals surface area contributed by atoms with E-state index in [1.54, 1.807) is 0 Å². The van der Waals surface area contributed by atoms with E-state index in [0.717, 1.165) is 12.1 Å². The smallest absolute Gasteiger partial charge is 0.0886 e. The summed E-state index contributed by atoms with van der Waals surface area (Å²) in [6.45, 7) is 8.30. The molecule has 1 fully saturated rings. The minimum Gasteiger partial charge on any atom is -0.377 e. The molecule has 1 aromatic rings. The molecule has 4 rings (SSSR count). The molecule has 18 heavy (non-hydrogen) atoms. The number of rotatable bonds is 1. The summed E-state index contributed by atoms with van der Waals surface area (Å²) in [6.07, 6.45) is 4.44. The van der Waals surface area contributed by atoms with Crippen LogP contribution in [0, 0.1) is 0 Å². The fourth-order valence-electron chi connectivity index (χ4n) is 3.14. The van der Waals surface area contributed by atoms with E-state index >= 15 is 0 Å². The van der Waals surface area contributed by atoms with E-state index in [0.29, 0.717) is 5.92 Å². The van der Waals surface area contributed by atoms with Crippen LogP contribution in [-0.4, -0.2) is 16.2 Å². The first-order valence-corrected chi connectivity index (χ1v) is 7.00. The molecule has 2 unspecified atom stereocenters. The van der Waals surface area contributed by atoms with Gasteiger partial charge in [-0.05, 0) is 31.9 Å². The fourth-order valence-corrected chi connectivity index (χ4v) is 3.14. The number of allylic oxidation sites excluding steroid dienone is 1. The van der Waals surface area contributed by atoms with Gasteiger partial charge in [-0.2, -0.15) is 0 Å². The average molecular weight is 247 g/mol. The van der Waals surface area contributed by atoms with Crippen LogP contribution in [0.5, 0.6) is 0 Å². The van der Waals surface area contributed by atoms with Gasteiger partial charge in [0.25, 0.3) is 0 Å². The zero-order valence-corrected chi connectivity index (χ0v) is 11.6. The van der Waals surface area contributed by atoms with E-state index in [4.69, 9.17) is 4.99 Å². The third-order valence-corrected chi connectivity index (χ3v) is 4.04. The molecule has 0 bridgehead atoms. The maximum absolute atomic E-state index is 4.79. The number of nitrogens with zero attached hydrogens (tertiary/aromatic N) is 1. The summed E-state index contributed by atoms with van der Waals surface area (Å²) in [7, 11) is 0. The van der Waals surface area contributed by atoms with Gasteiger partial charge in [0.05, 0.1) is 16.9 Å². The summed E-state index contributed by atoms with van der Waals surface area (Å²) in [5, 5.41) is 3.58. The number of aryl methyl sites for hydroxylation is 1. The molecule has 3 heterocycles. The zero-order valence-electron chi connectivity index (χ0n) is 11.6. The second-order valence-electron chi connectivity index (χ2n) is 5.12. The standard InChI is InChI=1S/C13H15N3.C2H6.2H2/c1-3-8-5-10-12(14-8)9-6-13(9)11(15-10)4-7(2)16-13;1-2;;/h4-5,9,14,16H,3,6H2,1-2H3;1-2H3;2*1H. The molecular weight excluding hydrogens is 222 g/mol. The molecule has 3 aliphatic rings. The number of hydrogen-bond acceptors (Lipinski definition) is 2. The Morgan fingerprint density at radius 3 is 3.00 bits per heavy atom. The minimum atomic E-state index is 0. The maximum atomic E-state index is 4.79. The second kappa shape index (κ2) is 3.74. The highest BCUT2D eigenvalue weighted by Gasteiger charge is 2.63. The largest absolute Gasteiger partial charge is 0.377 e. The van der Waals surface area contributed by atoms with E-state index < -0.39 is 0 Å². The van der Waals surface area contributed by atoms with Crippen molar-refractivity contribution in [3.05, 3.63) is 29.2 Å². The second-order valence-corrected chi connectivity index (χ2v) is 5.12. The van der Waals surface area contributed by atoms with Gasteiger partial charge in [0, 0.05) is 25.9 Å². The van der Waals surface area contributed by atoms with Crippen molar-refractivity contribution in [2.45, 2.75) is 52.0 Å². The summed E-state index contributed by atoms with van der Waals surface area (Å²) < 4.78 is 0. The Hall–Kier alpha value is -1.51. The lowest BCUT2D eigenvalue weighted by Gasteiger charge is -2.17. The Kier molecular flexibility index (Phi) is 2.40. The van der Waals surface area contributed by atoms with Crippen molar-refractivity contribution in [1.82, 2.24) is 10.3 Å². The van der Waals surface area contributed by atoms with Crippen LogP contribution >= 0.6 is 0 Å². The normalized spacial score (nSPS) is 29.9. The number of aliphatic imine (C=N–C) groups is 1. The molecule has 2 aliphatic heterocycles. The van der Waals surface area contributed by atoms with Gasteiger partial charge in [0.2, 0.25) is 0 Å². The predicted octanol–water partition coefficient (Wildman–Crippen LogP) is 3.91. The number of nitrogens with one attached hydrogen (secondary N) is 2. The van der Waals surface area contributed by atoms with E-state index in [1.807, 2.05) is 13.8 Å². The molecule has 1 aliphatic carbocycles. The summed E-state index contributed by atoms with van der Waals surface area (Å²) in [6, 6.07) is 2.20. The molecule has 0 saturated heterocycles. The number of aromatic amines is 1. The highest BCUT2D eigenvalue weighted by molar-refractivity contribution is 6.11. The highest BCUT2D eigenvalue weighted by Crippen LogP contribution is 2.59. The van der Waals surface area contributed by atoms with Crippen molar-refractivity contribution in [3.8, 4) is 0 Å². The Labute approximate surface area is 111 Å². The first kappa shape index (κ1) is 11.6. The van der Waals surface area contributed by atoms with Crippen LogP contribution in [0.4, 0.5) is 5.69 Å². The van der Waals surface area contributed by atoms with Gasteiger partial charge in [-0.25, -0.2) is 4.99 Å². The SMILES string of the molecule is CC.CCc1cc2c([nH]1)C1CC13NC(C)=CC3=N2.[HH].[HH]. The predicted molar refractivity (Wildman–Crippen MR) is 79.8 cm³/mol.